The van der Waals surface area contributed by atoms with Crippen LogP contribution in [0, 0.1) is 0 Å². The Hall–Kier alpha value is -1.91. The van der Waals surface area contributed by atoms with Crippen LogP contribution in [-0.4, -0.2) is 58.9 Å². The van der Waals surface area contributed by atoms with Gasteiger partial charge in [-0.05, 0) is 6.92 Å². The molecule has 0 aromatic rings. The van der Waals surface area contributed by atoms with Gasteiger partial charge in [0.25, 0.3) is 5.91 Å². The van der Waals surface area contributed by atoms with Gasteiger partial charge in [-0.1, -0.05) is 0 Å². The molecule has 0 radical (unpaired) electrons. The number of amides is 5. The number of carbonyl (C=O) groups is 3. The summed E-state index contributed by atoms with van der Waals surface area (Å²) in [6, 6.07) is -1.72. The van der Waals surface area contributed by atoms with E-state index in [-0.39, 0.29) is 6.61 Å². The normalized spacial score (nSPS) is 21.3. The summed E-state index contributed by atoms with van der Waals surface area (Å²) in [5, 5.41) is 32.7. The van der Waals surface area contributed by atoms with E-state index in [4.69, 9.17) is 15.3 Å². The fourth-order valence-corrected chi connectivity index (χ4v) is 1.04. The van der Waals surface area contributed by atoms with Crippen LogP contribution < -0.4 is 21.3 Å². The summed E-state index contributed by atoms with van der Waals surface area (Å²) in [5.41, 5.74) is -1.88. The summed E-state index contributed by atoms with van der Waals surface area (Å²) in [5.74, 6) is -0.872. The topological polar surface area (TPSA) is 160 Å². The highest BCUT2D eigenvalue weighted by molar-refractivity contribution is 6.08. The lowest BCUT2D eigenvalue weighted by Gasteiger charge is -2.24. The third kappa shape index (κ3) is 4.16. The molecule has 7 N–H and O–H groups in total. The van der Waals surface area contributed by atoms with Crippen molar-refractivity contribution in [2.24, 2.45) is 0 Å². The number of carbonyl (C=O) groups excluding carboxylic acids is 3. The number of rotatable bonds is 3. The minimum Gasteiger partial charge on any atom is -0.397 e. The lowest BCUT2D eigenvalue weighted by Crippen LogP contribution is -2.65. The number of aliphatic hydroxyl groups excluding tert-OH is 3. The number of hydrogen-bond acceptors (Lipinski definition) is 6. The lowest BCUT2D eigenvalue weighted by molar-refractivity contribution is -0.126. The number of nitrogens with one attached hydrogen (secondary N) is 4. The van der Waals surface area contributed by atoms with Crippen molar-refractivity contribution in [3.63, 3.8) is 0 Å². The average Bonchev–Trinajstić information content (AvgIpc) is 2.55. The van der Waals surface area contributed by atoms with Gasteiger partial charge >= 0.3 is 12.1 Å². The quantitative estimate of drug-likeness (QED) is 0.209. The van der Waals surface area contributed by atoms with Crippen molar-refractivity contribution in [1.29, 1.82) is 0 Å². The summed E-state index contributed by atoms with van der Waals surface area (Å²) < 4.78 is 0. The van der Waals surface area contributed by atoms with E-state index >= 15 is 0 Å². The molecule has 1 saturated heterocycles. The third-order valence-electron chi connectivity index (χ3n) is 1.75. The standard InChI is InChI=1S/C6H10N4O5.C2H6O/c11-1-6(9-4(14)7-2-12)3(13)8-5(15)10-6;1-2-3/h11-12H,1-2H2,(H2,7,9,14)(H2,8,10,13,15);3H,2H2,1H3. The van der Waals surface area contributed by atoms with E-state index in [1.807, 2.05) is 16.0 Å². The van der Waals surface area contributed by atoms with Gasteiger partial charge < -0.3 is 31.3 Å². The van der Waals surface area contributed by atoms with E-state index < -0.39 is 37.0 Å². The van der Waals surface area contributed by atoms with Gasteiger partial charge in [-0.3, -0.25) is 10.1 Å². The Morgan fingerprint density at radius 2 is 1.89 bits per heavy atom. The van der Waals surface area contributed by atoms with Crippen LogP contribution in [0.4, 0.5) is 9.59 Å². The van der Waals surface area contributed by atoms with Crippen molar-refractivity contribution in [3.8, 4) is 0 Å². The van der Waals surface area contributed by atoms with Gasteiger partial charge in [0.05, 0.1) is 6.61 Å². The van der Waals surface area contributed by atoms with Gasteiger partial charge in [-0.25, -0.2) is 9.59 Å². The van der Waals surface area contributed by atoms with Gasteiger partial charge in [0.1, 0.15) is 6.73 Å². The maximum Gasteiger partial charge on any atom is 0.323 e. The summed E-state index contributed by atoms with van der Waals surface area (Å²) in [7, 11) is 0. The molecule has 18 heavy (non-hydrogen) atoms. The van der Waals surface area contributed by atoms with Crippen LogP contribution in [0.5, 0.6) is 0 Å². The first-order chi connectivity index (χ1) is 8.45. The second kappa shape index (κ2) is 7.42. The maximum atomic E-state index is 11.2. The molecule has 1 aliphatic heterocycles. The molecule has 0 bridgehead atoms. The van der Waals surface area contributed by atoms with Crippen molar-refractivity contribution in [2.45, 2.75) is 12.6 Å². The maximum absolute atomic E-state index is 11.2. The Kier molecular flexibility index (Phi) is 6.63. The van der Waals surface area contributed by atoms with E-state index in [0.29, 0.717) is 0 Å². The number of imide groups is 1. The van der Waals surface area contributed by atoms with Gasteiger partial charge in [0.2, 0.25) is 5.66 Å². The van der Waals surface area contributed by atoms with Crippen molar-refractivity contribution >= 4 is 18.0 Å². The molecule has 0 aromatic carbocycles. The summed E-state index contributed by atoms with van der Waals surface area (Å²) in [4.78, 5) is 33.0. The molecule has 104 valence electrons. The summed E-state index contributed by atoms with van der Waals surface area (Å²) in [6.07, 6.45) is 0. The molecular formula is C8H16N4O6. The fraction of sp³-hybridized carbons (Fsp3) is 0.625. The summed E-state index contributed by atoms with van der Waals surface area (Å²) in [6.45, 7) is 0.492. The molecule has 10 nitrogen and oxygen atoms in total. The minimum atomic E-state index is -1.88. The Bertz CT molecular complexity index is 323. The van der Waals surface area contributed by atoms with Crippen LogP contribution in [0.3, 0.4) is 0 Å². The van der Waals surface area contributed by atoms with Crippen LogP contribution in [-0.2, 0) is 4.79 Å². The first kappa shape index (κ1) is 16.1. The van der Waals surface area contributed by atoms with Crippen molar-refractivity contribution in [3.05, 3.63) is 0 Å². The number of aliphatic hydroxyl groups is 3. The van der Waals surface area contributed by atoms with Crippen LogP contribution in [0.15, 0.2) is 0 Å². The molecule has 1 heterocycles. The van der Waals surface area contributed by atoms with Crippen LogP contribution in [0.1, 0.15) is 6.92 Å². The second-order valence-corrected chi connectivity index (χ2v) is 3.08. The third-order valence-corrected chi connectivity index (χ3v) is 1.75. The molecule has 10 heteroatoms. The van der Waals surface area contributed by atoms with E-state index in [9.17, 15) is 14.4 Å². The highest BCUT2D eigenvalue weighted by Gasteiger charge is 2.47. The van der Waals surface area contributed by atoms with Crippen molar-refractivity contribution in [2.75, 3.05) is 19.9 Å². The molecule has 0 spiro atoms. The molecule has 1 fully saturated rings. The first-order valence-corrected chi connectivity index (χ1v) is 4.98. The smallest absolute Gasteiger partial charge is 0.323 e. The zero-order chi connectivity index (χ0) is 14.2. The minimum absolute atomic E-state index is 0.250. The predicted molar refractivity (Wildman–Crippen MR) is 58.0 cm³/mol. The summed E-state index contributed by atoms with van der Waals surface area (Å²) >= 11 is 0. The number of urea groups is 2. The number of hydrogen-bond donors (Lipinski definition) is 7. The van der Waals surface area contributed by atoms with Crippen molar-refractivity contribution < 1.29 is 29.7 Å². The predicted octanol–water partition coefficient (Wildman–Crippen LogP) is -3.24. The molecule has 1 aliphatic rings. The van der Waals surface area contributed by atoms with Gasteiger partial charge in [0.15, 0.2) is 0 Å². The first-order valence-electron chi connectivity index (χ1n) is 4.98. The van der Waals surface area contributed by atoms with E-state index in [2.05, 4.69) is 5.32 Å². The Morgan fingerprint density at radius 3 is 2.22 bits per heavy atom. The van der Waals surface area contributed by atoms with E-state index in [0.717, 1.165) is 0 Å². The van der Waals surface area contributed by atoms with Crippen LogP contribution in [0.25, 0.3) is 0 Å². The Morgan fingerprint density at radius 1 is 1.33 bits per heavy atom. The largest absolute Gasteiger partial charge is 0.397 e. The Balaban J connectivity index is 0.000000873. The molecule has 0 aliphatic carbocycles. The van der Waals surface area contributed by atoms with Gasteiger partial charge in [0, 0.05) is 6.61 Å². The van der Waals surface area contributed by atoms with Crippen molar-refractivity contribution in [1.82, 2.24) is 21.3 Å². The second-order valence-electron chi connectivity index (χ2n) is 3.08. The highest BCUT2D eigenvalue weighted by Crippen LogP contribution is 2.05. The average molecular weight is 264 g/mol. The lowest BCUT2D eigenvalue weighted by atomic mass is 10.2. The fourth-order valence-electron chi connectivity index (χ4n) is 1.04. The Labute approximate surface area is 102 Å². The monoisotopic (exact) mass is 264 g/mol. The molecule has 0 aromatic heterocycles. The van der Waals surface area contributed by atoms with Gasteiger partial charge in [-0.2, -0.15) is 0 Å². The zero-order valence-electron chi connectivity index (χ0n) is 9.69. The molecule has 1 unspecified atom stereocenters. The molecule has 5 amide bonds. The van der Waals surface area contributed by atoms with Crippen LogP contribution >= 0.6 is 0 Å². The van der Waals surface area contributed by atoms with E-state index in [1.165, 1.54) is 0 Å². The van der Waals surface area contributed by atoms with Crippen LogP contribution in [0.2, 0.25) is 0 Å². The molecular weight excluding hydrogens is 248 g/mol. The molecule has 0 saturated carbocycles. The highest BCUT2D eigenvalue weighted by atomic mass is 16.3. The van der Waals surface area contributed by atoms with Gasteiger partial charge in [-0.15, -0.1) is 0 Å². The SMILES string of the molecule is CCO.O=C(NCO)NC1(CO)NC(=O)NC1=O. The van der Waals surface area contributed by atoms with E-state index in [1.54, 1.807) is 6.92 Å². The molecule has 1 atom stereocenters. The molecule has 1 rings (SSSR count). The zero-order valence-corrected chi connectivity index (χ0v) is 9.69.